The summed E-state index contributed by atoms with van der Waals surface area (Å²) in [5.41, 5.74) is -0.450. The molecule has 0 saturated heterocycles. The van der Waals surface area contributed by atoms with Crippen LogP contribution < -0.4 is 0 Å². The molecule has 1 N–H and O–H groups in total. The van der Waals surface area contributed by atoms with E-state index in [1.165, 1.54) is 17.2 Å². The first-order chi connectivity index (χ1) is 6.94. The van der Waals surface area contributed by atoms with Crippen molar-refractivity contribution in [3.8, 4) is 0 Å². The zero-order chi connectivity index (χ0) is 11.5. The van der Waals surface area contributed by atoms with Crippen molar-refractivity contribution in [2.75, 3.05) is 6.54 Å². The van der Waals surface area contributed by atoms with E-state index in [2.05, 4.69) is 0 Å². The lowest BCUT2D eigenvalue weighted by Gasteiger charge is -2.27. The fourth-order valence-electron chi connectivity index (χ4n) is 0.990. The lowest BCUT2D eigenvalue weighted by atomic mass is 10.1. The molecule has 0 aromatic carbocycles. The van der Waals surface area contributed by atoms with E-state index in [1.807, 2.05) is 20.8 Å². The smallest absolute Gasteiger partial charge is 0.414 e. The van der Waals surface area contributed by atoms with Crippen LogP contribution >= 0.6 is 0 Å². The second-order valence-corrected chi connectivity index (χ2v) is 4.08. The Morgan fingerprint density at radius 1 is 1.67 bits per heavy atom. The molecule has 0 aliphatic carbocycles. The van der Waals surface area contributed by atoms with E-state index in [-0.39, 0.29) is 11.9 Å². The van der Waals surface area contributed by atoms with Gasteiger partial charge in [0, 0.05) is 6.20 Å². The molecule has 4 nitrogen and oxygen atoms in total. The minimum Gasteiger partial charge on any atom is -0.508 e. The summed E-state index contributed by atoms with van der Waals surface area (Å²) in [5, 5.41) is 9.08. The van der Waals surface area contributed by atoms with Crippen LogP contribution in [0.2, 0.25) is 0 Å². The van der Waals surface area contributed by atoms with Crippen LogP contribution in [0.15, 0.2) is 24.1 Å². The summed E-state index contributed by atoms with van der Waals surface area (Å²) in [6.07, 6.45) is 4.91. The molecule has 1 aliphatic heterocycles. The zero-order valence-corrected chi connectivity index (χ0v) is 9.36. The number of nitrogens with zero attached hydrogens (tertiary/aromatic N) is 1. The van der Waals surface area contributed by atoms with Gasteiger partial charge in [-0.15, -0.1) is 0 Å². The van der Waals surface area contributed by atoms with Crippen LogP contribution in [0.25, 0.3) is 0 Å². The predicted octanol–water partition coefficient (Wildman–Crippen LogP) is 2.58. The van der Waals surface area contributed by atoms with Gasteiger partial charge in [0.2, 0.25) is 0 Å². The zero-order valence-electron chi connectivity index (χ0n) is 9.36. The number of aliphatic hydroxyl groups excluding tert-OH is 1. The van der Waals surface area contributed by atoms with E-state index < -0.39 is 5.60 Å². The predicted molar refractivity (Wildman–Crippen MR) is 57.4 cm³/mol. The lowest BCUT2D eigenvalue weighted by Crippen LogP contribution is -2.35. The van der Waals surface area contributed by atoms with Crippen molar-refractivity contribution in [3.05, 3.63) is 24.1 Å². The molecule has 0 spiro atoms. The van der Waals surface area contributed by atoms with Gasteiger partial charge in [-0.05, 0) is 32.4 Å². The lowest BCUT2D eigenvalue weighted by molar-refractivity contribution is 0.0201. The minimum atomic E-state index is -0.450. The van der Waals surface area contributed by atoms with Gasteiger partial charge < -0.3 is 9.84 Å². The monoisotopic (exact) mass is 211 g/mol. The van der Waals surface area contributed by atoms with Gasteiger partial charge in [-0.25, -0.2) is 4.79 Å². The normalized spacial score (nSPS) is 16.2. The minimum absolute atomic E-state index is 0.175. The summed E-state index contributed by atoms with van der Waals surface area (Å²) in [7, 11) is 0. The Hall–Kier alpha value is -1.45. The van der Waals surface area contributed by atoms with Gasteiger partial charge in [-0.3, -0.25) is 4.90 Å². The van der Waals surface area contributed by atoms with Crippen LogP contribution in [-0.2, 0) is 4.74 Å². The first-order valence-electron chi connectivity index (χ1n) is 5.01. The summed E-state index contributed by atoms with van der Waals surface area (Å²) in [6.45, 7) is 6.05. The molecule has 1 aliphatic rings. The number of carbonyl (C=O) groups is 1. The second kappa shape index (κ2) is 4.38. The Morgan fingerprint density at radius 2 is 2.33 bits per heavy atom. The van der Waals surface area contributed by atoms with Crippen LogP contribution in [0.1, 0.15) is 27.2 Å². The molecule has 0 fully saturated rings. The number of rotatable bonds is 2. The third kappa shape index (κ3) is 3.31. The largest absolute Gasteiger partial charge is 0.508 e. The molecule has 1 rings (SSSR count). The summed E-state index contributed by atoms with van der Waals surface area (Å²) < 4.78 is 5.29. The first-order valence-corrected chi connectivity index (χ1v) is 5.01. The quantitative estimate of drug-likeness (QED) is 0.763. The number of hydrogen-bond donors (Lipinski definition) is 1. The molecule has 1 amide bonds. The van der Waals surface area contributed by atoms with Crippen molar-refractivity contribution >= 4 is 6.09 Å². The number of hydrogen-bond acceptors (Lipinski definition) is 3. The third-order valence-electron chi connectivity index (χ3n) is 2.37. The van der Waals surface area contributed by atoms with Crippen LogP contribution in [-0.4, -0.2) is 28.2 Å². The summed E-state index contributed by atoms with van der Waals surface area (Å²) in [5.74, 6) is 0.175. The Kier molecular flexibility index (Phi) is 3.39. The molecule has 0 aromatic rings. The van der Waals surface area contributed by atoms with Crippen molar-refractivity contribution in [3.63, 3.8) is 0 Å². The van der Waals surface area contributed by atoms with Crippen molar-refractivity contribution in [2.45, 2.75) is 32.8 Å². The molecule has 0 bridgehead atoms. The standard InChI is InChI=1S/C11H17NO3/c1-4-11(2,3)15-10(14)12-7-5-9(13)6-8-12/h5-7,13H,4,8H2,1-3H3. The highest BCUT2D eigenvalue weighted by atomic mass is 16.6. The van der Waals surface area contributed by atoms with Gasteiger partial charge in [-0.2, -0.15) is 0 Å². The maximum Gasteiger partial charge on any atom is 0.414 e. The van der Waals surface area contributed by atoms with E-state index in [9.17, 15) is 4.79 Å². The second-order valence-electron chi connectivity index (χ2n) is 4.08. The number of aliphatic hydroxyl groups is 1. The molecule has 15 heavy (non-hydrogen) atoms. The number of carbonyl (C=O) groups excluding carboxylic acids is 1. The van der Waals surface area contributed by atoms with Gasteiger partial charge in [0.15, 0.2) is 0 Å². The summed E-state index contributed by atoms with van der Waals surface area (Å²) in [4.78, 5) is 13.0. The molecule has 84 valence electrons. The van der Waals surface area contributed by atoms with E-state index in [0.29, 0.717) is 6.54 Å². The van der Waals surface area contributed by atoms with Crippen molar-refractivity contribution in [1.29, 1.82) is 0 Å². The maximum atomic E-state index is 11.6. The van der Waals surface area contributed by atoms with E-state index >= 15 is 0 Å². The van der Waals surface area contributed by atoms with E-state index in [4.69, 9.17) is 9.84 Å². The van der Waals surface area contributed by atoms with Crippen LogP contribution in [0.4, 0.5) is 4.79 Å². The Balaban J connectivity index is 2.53. The van der Waals surface area contributed by atoms with Gasteiger partial charge in [0.1, 0.15) is 11.4 Å². The summed E-state index contributed by atoms with van der Waals surface area (Å²) in [6, 6.07) is 0. The van der Waals surface area contributed by atoms with E-state index in [0.717, 1.165) is 6.42 Å². The topological polar surface area (TPSA) is 49.8 Å². The number of allylic oxidation sites excluding steroid dienone is 1. The van der Waals surface area contributed by atoms with Crippen molar-refractivity contribution in [2.24, 2.45) is 0 Å². The maximum absolute atomic E-state index is 11.6. The SMILES string of the molecule is CCC(C)(C)OC(=O)N1C=CC(O)=CC1. The van der Waals surface area contributed by atoms with E-state index in [1.54, 1.807) is 6.08 Å². The van der Waals surface area contributed by atoms with Gasteiger partial charge >= 0.3 is 6.09 Å². The number of amides is 1. The highest BCUT2D eigenvalue weighted by molar-refractivity contribution is 5.70. The molecule has 0 atom stereocenters. The number of ether oxygens (including phenoxy) is 1. The Bertz CT molecular complexity index is 305. The van der Waals surface area contributed by atoms with Gasteiger partial charge in [-0.1, -0.05) is 6.92 Å². The molecule has 4 heteroatoms. The first kappa shape index (κ1) is 11.6. The fraction of sp³-hybridized carbons (Fsp3) is 0.545. The van der Waals surface area contributed by atoms with Crippen LogP contribution in [0, 0.1) is 0 Å². The average Bonchev–Trinajstić information content (AvgIpc) is 2.18. The van der Waals surface area contributed by atoms with Crippen molar-refractivity contribution < 1.29 is 14.6 Å². The molecular weight excluding hydrogens is 194 g/mol. The molecule has 1 heterocycles. The summed E-state index contributed by atoms with van der Waals surface area (Å²) >= 11 is 0. The molecule has 0 aromatic heterocycles. The Morgan fingerprint density at radius 3 is 2.80 bits per heavy atom. The molecule has 0 saturated carbocycles. The van der Waals surface area contributed by atoms with Gasteiger partial charge in [0.05, 0.1) is 6.54 Å². The third-order valence-corrected chi connectivity index (χ3v) is 2.37. The van der Waals surface area contributed by atoms with Crippen LogP contribution in [0.5, 0.6) is 0 Å². The highest BCUT2D eigenvalue weighted by Crippen LogP contribution is 2.16. The molecular formula is C11H17NO3. The fourth-order valence-corrected chi connectivity index (χ4v) is 0.990. The Labute approximate surface area is 89.8 Å². The average molecular weight is 211 g/mol. The van der Waals surface area contributed by atoms with Crippen molar-refractivity contribution in [1.82, 2.24) is 4.90 Å². The van der Waals surface area contributed by atoms with Gasteiger partial charge in [0.25, 0.3) is 0 Å². The van der Waals surface area contributed by atoms with Crippen LogP contribution in [0.3, 0.4) is 0 Å². The highest BCUT2D eigenvalue weighted by Gasteiger charge is 2.23. The molecule has 0 unspecified atom stereocenters. The molecule has 0 radical (unpaired) electrons.